The van der Waals surface area contributed by atoms with Gasteiger partial charge < -0.3 is 5.32 Å². The van der Waals surface area contributed by atoms with E-state index in [1.807, 2.05) is 0 Å². The van der Waals surface area contributed by atoms with Crippen LogP contribution >= 0.6 is 0 Å². The van der Waals surface area contributed by atoms with E-state index >= 15 is 0 Å². The molecule has 1 N–H and O–H groups in total. The lowest BCUT2D eigenvalue weighted by molar-refractivity contribution is 0.339. The van der Waals surface area contributed by atoms with E-state index in [2.05, 4.69) is 31.1 Å². The van der Waals surface area contributed by atoms with Crippen LogP contribution in [-0.2, 0) is 0 Å². The summed E-state index contributed by atoms with van der Waals surface area (Å²) in [6.07, 6.45) is 2.37. The molecule has 0 heterocycles. The molecule has 0 aromatic rings. The predicted octanol–water partition coefficient (Wildman–Crippen LogP) is 1.45. The van der Waals surface area contributed by atoms with Crippen molar-refractivity contribution in [1.82, 2.24) is 10.2 Å². The fourth-order valence-corrected chi connectivity index (χ4v) is 0.809. The minimum absolute atomic E-state index is 0.918. The second-order valence-electron chi connectivity index (χ2n) is 2.55. The topological polar surface area (TPSA) is 15.3 Å². The van der Waals surface area contributed by atoms with Crippen molar-refractivity contribution in [2.24, 2.45) is 0 Å². The number of nitrogens with zero attached hydrogens (tertiary/aromatic N) is 1. The van der Waals surface area contributed by atoms with Crippen molar-refractivity contribution in [3.8, 4) is 0 Å². The van der Waals surface area contributed by atoms with Crippen molar-refractivity contribution in [3.05, 3.63) is 7.05 Å². The molecule has 0 saturated heterocycles. The molecule has 0 aliphatic rings. The molecular formula is C8H19N2. The van der Waals surface area contributed by atoms with Crippen LogP contribution in [0.5, 0.6) is 0 Å². The minimum Gasteiger partial charge on any atom is -0.304 e. The maximum atomic E-state index is 3.87. The highest BCUT2D eigenvalue weighted by Gasteiger charge is 1.92. The monoisotopic (exact) mass is 143 g/mol. The van der Waals surface area contributed by atoms with Crippen molar-refractivity contribution >= 4 is 0 Å². The number of nitrogens with one attached hydrogen (secondary N) is 1. The third kappa shape index (κ3) is 6.05. The van der Waals surface area contributed by atoms with Gasteiger partial charge in [-0.2, -0.15) is 0 Å². The van der Waals surface area contributed by atoms with Crippen LogP contribution < -0.4 is 5.32 Å². The first-order valence-electron chi connectivity index (χ1n) is 4.07. The Kier molecular flexibility index (Phi) is 6.98. The van der Waals surface area contributed by atoms with Crippen molar-refractivity contribution in [2.45, 2.75) is 26.7 Å². The van der Waals surface area contributed by atoms with Crippen molar-refractivity contribution < 1.29 is 0 Å². The summed E-state index contributed by atoms with van der Waals surface area (Å²) >= 11 is 0. The molecule has 10 heavy (non-hydrogen) atoms. The van der Waals surface area contributed by atoms with Gasteiger partial charge in [0.1, 0.15) is 0 Å². The van der Waals surface area contributed by atoms with Gasteiger partial charge in [0.2, 0.25) is 0 Å². The van der Waals surface area contributed by atoms with E-state index in [1.165, 1.54) is 12.8 Å². The maximum absolute atomic E-state index is 3.87. The zero-order valence-electron chi connectivity index (χ0n) is 7.19. The fraction of sp³-hybridized carbons (Fsp3) is 0.875. The van der Waals surface area contributed by atoms with Gasteiger partial charge in [0.15, 0.2) is 0 Å². The number of hydrogen-bond donors (Lipinski definition) is 1. The van der Waals surface area contributed by atoms with Gasteiger partial charge in [0.25, 0.3) is 0 Å². The Morgan fingerprint density at radius 3 is 2.50 bits per heavy atom. The van der Waals surface area contributed by atoms with Gasteiger partial charge in [0, 0.05) is 13.7 Å². The zero-order chi connectivity index (χ0) is 7.82. The van der Waals surface area contributed by atoms with Gasteiger partial charge in [0.05, 0.1) is 0 Å². The first-order chi connectivity index (χ1) is 4.81. The first kappa shape index (κ1) is 9.92. The average Bonchev–Trinajstić information content (AvgIpc) is 1.89. The lowest BCUT2D eigenvalue weighted by Gasteiger charge is -2.15. The highest BCUT2D eigenvalue weighted by molar-refractivity contribution is 4.51. The largest absolute Gasteiger partial charge is 0.304 e. The Balaban J connectivity index is 2.97. The quantitative estimate of drug-likeness (QED) is 0.447. The van der Waals surface area contributed by atoms with Crippen LogP contribution in [0.3, 0.4) is 0 Å². The molecular weight excluding hydrogens is 124 g/mol. The summed E-state index contributed by atoms with van der Waals surface area (Å²) in [6, 6.07) is 0. The Morgan fingerprint density at radius 1 is 1.30 bits per heavy atom. The molecule has 0 aromatic carbocycles. The van der Waals surface area contributed by atoms with Crippen LogP contribution in [-0.4, -0.2) is 24.7 Å². The fourth-order valence-electron chi connectivity index (χ4n) is 0.809. The Labute approximate surface area is 64.6 Å². The molecule has 2 heteroatoms. The summed E-state index contributed by atoms with van der Waals surface area (Å²) in [5.74, 6) is 0. The third-order valence-electron chi connectivity index (χ3n) is 1.30. The van der Waals surface area contributed by atoms with Crippen LogP contribution in [0.4, 0.5) is 0 Å². The summed E-state index contributed by atoms with van der Waals surface area (Å²) in [6.45, 7) is 7.42. The molecule has 0 spiro atoms. The van der Waals surface area contributed by atoms with E-state index in [0.717, 1.165) is 19.8 Å². The zero-order valence-corrected chi connectivity index (χ0v) is 7.19. The van der Waals surface area contributed by atoms with Crippen LogP contribution in [0.2, 0.25) is 0 Å². The molecule has 0 aromatic heterocycles. The Bertz CT molecular complexity index is 64.3. The Morgan fingerprint density at radius 2 is 2.00 bits per heavy atom. The summed E-state index contributed by atoms with van der Waals surface area (Å²) < 4.78 is 0. The van der Waals surface area contributed by atoms with Crippen LogP contribution in [0.1, 0.15) is 26.7 Å². The molecule has 1 radical (unpaired) electrons. The molecule has 2 nitrogen and oxygen atoms in total. The van der Waals surface area contributed by atoms with Gasteiger partial charge in [-0.05, 0) is 25.9 Å². The van der Waals surface area contributed by atoms with E-state index in [1.54, 1.807) is 0 Å². The summed E-state index contributed by atoms with van der Waals surface area (Å²) in [5.41, 5.74) is 0. The predicted molar refractivity (Wildman–Crippen MR) is 45.5 cm³/mol. The lowest BCUT2D eigenvalue weighted by atomic mass is 10.4. The Hall–Kier alpha value is -0.0800. The van der Waals surface area contributed by atoms with Crippen molar-refractivity contribution in [3.63, 3.8) is 0 Å². The number of hydrogen-bond acceptors (Lipinski definition) is 2. The highest BCUT2D eigenvalue weighted by atomic mass is 15.2. The van der Waals surface area contributed by atoms with Crippen molar-refractivity contribution in [2.75, 3.05) is 19.8 Å². The molecule has 0 aliphatic heterocycles. The molecule has 0 unspecified atom stereocenters. The molecule has 61 valence electrons. The molecule has 0 atom stereocenters. The molecule has 0 fully saturated rings. The molecule has 0 saturated carbocycles. The minimum atomic E-state index is 0.918. The first-order valence-corrected chi connectivity index (χ1v) is 4.07. The summed E-state index contributed by atoms with van der Waals surface area (Å²) in [5, 5.41) is 3.28. The smallest absolute Gasteiger partial charge is 0.0480 e. The lowest BCUT2D eigenvalue weighted by Crippen LogP contribution is -2.30. The second kappa shape index (κ2) is 7.03. The summed E-state index contributed by atoms with van der Waals surface area (Å²) in [4.78, 5) is 2.05. The number of rotatable bonds is 6. The van der Waals surface area contributed by atoms with E-state index in [-0.39, 0.29) is 0 Å². The van der Waals surface area contributed by atoms with Gasteiger partial charge >= 0.3 is 0 Å². The van der Waals surface area contributed by atoms with E-state index in [9.17, 15) is 0 Å². The van der Waals surface area contributed by atoms with Gasteiger partial charge in [-0.1, -0.05) is 13.8 Å². The second-order valence-corrected chi connectivity index (χ2v) is 2.55. The molecule has 0 bridgehead atoms. The third-order valence-corrected chi connectivity index (χ3v) is 1.30. The van der Waals surface area contributed by atoms with Crippen LogP contribution in [0, 0.1) is 7.05 Å². The van der Waals surface area contributed by atoms with E-state index < -0.39 is 0 Å². The summed E-state index contributed by atoms with van der Waals surface area (Å²) in [7, 11) is 3.87. The van der Waals surface area contributed by atoms with Gasteiger partial charge in [-0.15, -0.1) is 0 Å². The highest BCUT2D eigenvalue weighted by Crippen LogP contribution is 1.84. The standard InChI is InChI=1S/C8H19N2/c1-4-6-9-8-10(3)7-5-2/h9H,3-8H2,1-2H3. The SMILES string of the molecule is [CH2]N(CCC)CNCCC. The van der Waals surface area contributed by atoms with E-state index in [0.29, 0.717) is 0 Å². The van der Waals surface area contributed by atoms with Crippen molar-refractivity contribution in [1.29, 1.82) is 0 Å². The molecule has 0 aliphatic carbocycles. The van der Waals surface area contributed by atoms with Crippen LogP contribution in [0.25, 0.3) is 0 Å². The van der Waals surface area contributed by atoms with Gasteiger partial charge in [-0.25, -0.2) is 0 Å². The van der Waals surface area contributed by atoms with Gasteiger partial charge in [-0.3, -0.25) is 4.90 Å². The maximum Gasteiger partial charge on any atom is 0.0480 e. The molecule has 0 amide bonds. The molecule has 0 rings (SSSR count). The average molecular weight is 143 g/mol. The normalized spacial score (nSPS) is 10.8. The van der Waals surface area contributed by atoms with E-state index in [4.69, 9.17) is 0 Å². The van der Waals surface area contributed by atoms with Crippen LogP contribution in [0.15, 0.2) is 0 Å².